The fraction of sp³-hybridized carbons (Fsp3) is 0.348. The number of nitrogens with one attached hydrogen (secondary N) is 1. The summed E-state index contributed by atoms with van der Waals surface area (Å²) < 4.78 is 0. The molecule has 6 heteroatoms. The Bertz CT molecular complexity index is 912. The molecule has 0 unspecified atom stereocenters. The van der Waals surface area contributed by atoms with E-state index in [1.807, 2.05) is 62.4 Å². The summed E-state index contributed by atoms with van der Waals surface area (Å²) >= 11 is 1.38. The van der Waals surface area contributed by atoms with E-state index in [0.29, 0.717) is 18.3 Å². The maximum absolute atomic E-state index is 12.7. The van der Waals surface area contributed by atoms with Gasteiger partial charge in [0.25, 0.3) is 0 Å². The molecule has 1 aliphatic rings. The molecule has 1 heterocycles. The lowest BCUT2D eigenvalue weighted by Crippen LogP contribution is -2.35. The molecule has 1 saturated heterocycles. The molecule has 29 heavy (non-hydrogen) atoms. The van der Waals surface area contributed by atoms with Crippen LogP contribution in [0.3, 0.4) is 0 Å². The van der Waals surface area contributed by atoms with Crippen LogP contribution < -0.4 is 5.32 Å². The topological polar surface area (TPSA) is 61.8 Å². The standard InChI is InChI=1S/C23H27N3O2S/c1-4-26-22(28)20(15-21(27)24-13-12-18-8-6-5-7-9-18)29-23(26)25-19-11-10-16(2)17(3)14-19/h5-11,14,20H,4,12-13,15H2,1-3H3,(H,24,27)/t20-/m0/s1. The molecule has 0 bridgehead atoms. The number of carbonyl (C=O) groups excluding carboxylic acids is 2. The lowest BCUT2D eigenvalue weighted by Gasteiger charge is -2.13. The first-order chi connectivity index (χ1) is 14.0. The van der Waals surface area contributed by atoms with Gasteiger partial charge in [0, 0.05) is 19.5 Å². The van der Waals surface area contributed by atoms with Crippen LogP contribution in [-0.4, -0.2) is 40.2 Å². The third-order valence-electron chi connectivity index (χ3n) is 5.00. The van der Waals surface area contributed by atoms with E-state index in [-0.39, 0.29) is 18.2 Å². The summed E-state index contributed by atoms with van der Waals surface area (Å²) in [7, 11) is 0. The van der Waals surface area contributed by atoms with E-state index < -0.39 is 5.25 Å². The molecule has 1 aliphatic heterocycles. The average molecular weight is 410 g/mol. The molecule has 5 nitrogen and oxygen atoms in total. The second kappa shape index (κ2) is 9.74. The van der Waals surface area contributed by atoms with Gasteiger partial charge in [-0.3, -0.25) is 14.5 Å². The Kier molecular flexibility index (Phi) is 7.09. The van der Waals surface area contributed by atoms with Crippen LogP contribution in [0.1, 0.15) is 30.0 Å². The molecule has 1 N–H and O–H groups in total. The molecule has 0 aliphatic carbocycles. The molecule has 1 fully saturated rings. The third-order valence-corrected chi connectivity index (χ3v) is 6.18. The first-order valence-electron chi connectivity index (χ1n) is 9.92. The van der Waals surface area contributed by atoms with Gasteiger partial charge in [0.2, 0.25) is 11.8 Å². The highest BCUT2D eigenvalue weighted by molar-refractivity contribution is 8.15. The molecule has 0 saturated carbocycles. The predicted molar refractivity (Wildman–Crippen MR) is 120 cm³/mol. The first kappa shape index (κ1) is 21.1. The van der Waals surface area contributed by atoms with Gasteiger partial charge in [-0.1, -0.05) is 48.2 Å². The Labute approximate surface area is 176 Å². The summed E-state index contributed by atoms with van der Waals surface area (Å²) in [6.07, 6.45) is 0.944. The smallest absolute Gasteiger partial charge is 0.242 e. The Balaban J connectivity index is 1.60. The van der Waals surface area contributed by atoms with E-state index in [0.717, 1.165) is 12.1 Å². The summed E-state index contributed by atoms with van der Waals surface area (Å²) in [5, 5.41) is 3.18. The van der Waals surface area contributed by atoms with Crippen LogP contribution in [0.4, 0.5) is 5.69 Å². The van der Waals surface area contributed by atoms with Crippen molar-refractivity contribution in [2.75, 3.05) is 13.1 Å². The van der Waals surface area contributed by atoms with Crippen LogP contribution in [-0.2, 0) is 16.0 Å². The highest BCUT2D eigenvalue weighted by Gasteiger charge is 2.38. The number of hydrogen-bond donors (Lipinski definition) is 1. The number of hydrogen-bond acceptors (Lipinski definition) is 4. The number of nitrogens with zero attached hydrogens (tertiary/aromatic N) is 2. The molecule has 1 atom stereocenters. The number of carbonyl (C=O) groups is 2. The van der Waals surface area contributed by atoms with E-state index in [1.54, 1.807) is 4.90 Å². The Morgan fingerprint density at radius 2 is 1.90 bits per heavy atom. The van der Waals surface area contributed by atoms with Crippen molar-refractivity contribution < 1.29 is 9.59 Å². The highest BCUT2D eigenvalue weighted by atomic mass is 32.2. The summed E-state index contributed by atoms with van der Waals surface area (Å²) in [5.41, 5.74) is 4.38. The summed E-state index contributed by atoms with van der Waals surface area (Å²) in [6, 6.07) is 16.0. The fourth-order valence-corrected chi connectivity index (χ4v) is 4.37. The molecular weight excluding hydrogens is 382 g/mol. The van der Waals surface area contributed by atoms with Gasteiger partial charge in [-0.25, -0.2) is 4.99 Å². The average Bonchev–Trinajstić information content (AvgIpc) is 2.99. The van der Waals surface area contributed by atoms with Gasteiger partial charge in [-0.05, 0) is 56.0 Å². The molecule has 2 aromatic carbocycles. The molecule has 2 aromatic rings. The van der Waals surface area contributed by atoms with Crippen molar-refractivity contribution in [3.05, 3.63) is 65.2 Å². The van der Waals surface area contributed by atoms with Gasteiger partial charge in [-0.2, -0.15) is 0 Å². The molecular formula is C23H27N3O2S. The first-order valence-corrected chi connectivity index (χ1v) is 10.8. The zero-order valence-electron chi connectivity index (χ0n) is 17.1. The molecule has 3 rings (SSSR count). The number of rotatable bonds is 7. The van der Waals surface area contributed by atoms with Crippen LogP contribution in [0.2, 0.25) is 0 Å². The number of benzene rings is 2. The quantitative estimate of drug-likeness (QED) is 0.752. The van der Waals surface area contributed by atoms with Crippen LogP contribution in [0, 0.1) is 13.8 Å². The Hall–Kier alpha value is -2.60. The normalized spacial score (nSPS) is 17.8. The van der Waals surface area contributed by atoms with Crippen LogP contribution >= 0.6 is 11.8 Å². The largest absolute Gasteiger partial charge is 0.356 e. The van der Waals surface area contributed by atoms with E-state index in [4.69, 9.17) is 0 Å². The van der Waals surface area contributed by atoms with Crippen LogP contribution in [0.15, 0.2) is 53.5 Å². The lowest BCUT2D eigenvalue weighted by atomic mass is 10.1. The summed E-state index contributed by atoms with van der Waals surface area (Å²) in [6.45, 7) is 7.14. The van der Waals surface area contributed by atoms with E-state index in [2.05, 4.69) is 17.2 Å². The molecule has 152 valence electrons. The highest BCUT2D eigenvalue weighted by Crippen LogP contribution is 2.31. The maximum Gasteiger partial charge on any atom is 0.242 e. The number of aliphatic imine (C=N–C) groups is 1. The van der Waals surface area contributed by atoms with Crippen molar-refractivity contribution in [1.82, 2.24) is 10.2 Å². The zero-order chi connectivity index (χ0) is 20.8. The van der Waals surface area contributed by atoms with Gasteiger partial charge >= 0.3 is 0 Å². The van der Waals surface area contributed by atoms with Gasteiger partial charge in [0.1, 0.15) is 5.25 Å². The van der Waals surface area contributed by atoms with Crippen molar-refractivity contribution in [3.8, 4) is 0 Å². The Morgan fingerprint density at radius 1 is 1.14 bits per heavy atom. The van der Waals surface area contributed by atoms with E-state index >= 15 is 0 Å². The minimum absolute atomic E-state index is 0.0432. The summed E-state index contributed by atoms with van der Waals surface area (Å²) in [4.78, 5) is 31.4. The zero-order valence-corrected chi connectivity index (χ0v) is 18.0. The fourth-order valence-electron chi connectivity index (χ4n) is 3.15. The van der Waals surface area contributed by atoms with Gasteiger partial charge in [0.05, 0.1) is 5.69 Å². The van der Waals surface area contributed by atoms with E-state index in [1.165, 1.54) is 28.5 Å². The predicted octanol–water partition coefficient (Wildman–Crippen LogP) is 4.00. The molecule has 0 radical (unpaired) electrons. The van der Waals surface area contributed by atoms with Crippen molar-refractivity contribution >= 4 is 34.4 Å². The van der Waals surface area contributed by atoms with Crippen molar-refractivity contribution in [3.63, 3.8) is 0 Å². The van der Waals surface area contributed by atoms with Gasteiger partial charge < -0.3 is 5.32 Å². The SMILES string of the molecule is CCN1C(=O)[C@H](CC(=O)NCCc2ccccc2)SC1=Nc1ccc(C)c(C)c1. The van der Waals surface area contributed by atoms with Crippen LogP contribution in [0.25, 0.3) is 0 Å². The second-order valence-corrected chi connectivity index (χ2v) is 8.31. The minimum Gasteiger partial charge on any atom is -0.356 e. The van der Waals surface area contributed by atoms with Gasteiger partial charge in [-0.15, -0.1) is 0 Å². The maximum atomic E-state index is 12.7. The summed E-state index contributed by atoms with van der Waals surface area (Å²) in [5.74, 6) is -0.145. The van der Waals surface area contributed by atoms with Crippen molar-refractivity contribution in [2.24, 2.45) is 4.99 Å². The number of amides is 2. The lowest BCUT2D eigenvalue weighted by molar-refractivity contribution is -0.129. The number of amidine groups is 1. The molecule has 0 spiro atoms. The number of aryl methyl sites for hydroxylation is 2. The molecule has 2 amide bonds. The minimum atomic E-state index is -0.419. The third kappa shape index (κ3) is 5.48. The van der Waals surface area contributed by atoms with Gasteiger partial charge in [0.15, 0.2) is 5.17 Å². The van der Waals surface area contributed by atoms with E-state index in [9.17, 15) is 9.59 Å². The second-order valence-electron chi connectivity index (χ2n) is 7.14. The Morgan fingerprint density at radius 3 is 2.59 bits per heavy atom. The van der Waals surface area contributed by atoms with Crippen LogP contribution in [0.5, 0.6) is 0 Å². The molecule has 0 aromatic heterocycles. The number of thioether (sulfide) groups is 1. The monoisotopic (exact) mass is 409 g/mol. The van der Waals surface area contributed by atoms with Crippen molar-refractivity contribution in [1.29, 1.82) is 0 Å². The van der Waals surface area contributed by atoms with Crippen molar-refractivity contribution in [2.45, 2.75) is 38.9 Å².